The quantitative estimate of drug-likeness (QED) is 0.702. The van der Waals surface area contributed by atoms with Crippen molar-refractivity contribution in [1.29, 1.82) is 0 Å². The van der Waals surface area contributed by atoms with Crippen molar-refractivity contribution in [3.63, 3.8) is 0 Å². The van der Waals surface area contributed by atoms with Gasteiger partial charge >= 0.3 is 5.97 Å². The number of esters is 1. The molecule has 0 amide bonds. The van der Waals surface area contributed by atoms with Gasteiger partial charge in [-0.1, -0.05) is 12.1 Å². The highest BCUT2D eigenvalue weighted by Crippen LogP contribution is 2.36. The van der Waals surface area contributed by atoms with Gasteiger partial charge in [-0.15, -0.1) is 0 Å². The summed E-state index contributed by atoms with van der Waals surface area (Å²) in [5.41, 5.74) is -0.120. The van der Waals surface area contributed by atoms with E-state index in [0.717, 1.165) is 5.56 Å². The van der Waals surface area contributed by atoms with Gasteiger partial charge in [0.05, 0.1) is 27.9 Å². The van der Waals surface area contributed by atoms with Crippen molar-refractivity contribution < 1.29 is 34.0 Å². The molecular formula is C21H24O7. The first-order chi connectivity index (χ1) is 13.4. The zero-order chi connectivity index (χ0) is 20.3. The van der Waals surface area contributed by atoms with E-state index >= 15 is 0 Å². The maximum Gasteiger partial charge on any atom is 0.338 e. The predicted octanol–water partition coefficient (Wildman–Crippen LogP) is 2.11. The van der Waals surface area contributed by atoms with Gasteiger partial charge in [-0.25, -0.2) is 4.79 Å². The molecular weight excluding hydrogens is 364 g/mol. The molecule has 1 aliphatic heterocycles. The Morgan fingerprint density at radius 2 is 1.64 bits per heavy atom. The third kappa shape index (κ3) is 3.71. The minimum Gasteiger partial charge on any atom is -0.504 e. The number of hydrogen-bond acceptors (Lipinski definition) is 7. The number of phenols is 1. The second-order valence-electron chi connectivity index (χ2n) is 6.80. The SMILES string of the molecule is COc1cc(C[C@@]2(O)C(=O)OCC2Cc2ccc(OC)c(OC)c2)ccc1O. The zero-order valence-electron chi connectivity index (χ0n) is 16.1. The molecule has 150 valence electrons. The van der Waals surface area contributed by atoms with Crippen LogP contribution in [0, 0.1) is 5.92 Å². The van der Waals surface area contributed by atoms with Gasteiger partial charge in [-0.3, -0.25) is 0 Å². The summed E-state index contributed by atoms with van der Waals surface area (Å²) in [5, 5.41) is 20.9. The van der Waals surface area contributed by atoms with Gasteiger partial charge in [0.25, 0.3) is 0 Å². The van der Waals surface area contributed by atoms with Gasteiger partial charge in [0, 0.05) is 12.3 Å². The van der Waals surface area contributed by atoms with Crippen LogP contribution in [0.5, 0.6) is 23.0 Å². The van der Waals surface area contributed by atoms with Crippen molar-refractivity contribution in [3.8, 4) is 23.0 Å². The summed E-state index contributed by atoms with van der Waals surface area (Å²) in [6, 6.07) is 10.2. The predicted molar refractivity (Wildman–Crippen MR) is 101 cm³/mol. The number of benzene rings is 2. The van der Waals surface area contributed by atoms with Crippen LogP contribution in [0.4, 0.5) is 0 Å². The molecule has 1 saturated heterocycles. The van der Waals surface area contributed by atoms with E-state index in [-0.39, 0.29) is 24.5 Å². The number of carbonyl (C=O) groups excluding carboxylic acids is 1. The van der Waals surface area contributed by atoms with Crippen LogP contribution >= 0.6 is 0 Å². The molecule has 1 aliphatic rings. The number of aliphatic hydroxyl groups is 1. The summed E-state index contributed by atoms with van der Waals surface area (Å²) in [6.45, 7) is 0.124. The Morgan fingerprint density at radius 1 is 1.00 bits per heavy atom. The number of ether oxygens (including phenoxy) is 4. The third-order valence-corrected chi connectivity index (χ3v) is 5.09. The molecule has 2 N–H and O–H groups in total. The van der Waals surface area contributed by atoms with Crippen LogP contribution in [-0.2, 0) is 22.4 Å². The largest absolute Gasteiger partial charge is 0.504 e. The Bertz CT molecular complexity index is 864. The van der Waals surface area contributed by atoms with Crippen molar-refractivity contribution in [1.82, 2.24) is 0 Å². The standard InChI is InChI=1S/C21H24O7/c1-25-17-7-5-13(9-19(17)27-3)8-15-12-28-20(23)21(15,24)11-14-4-6-16(22)18(10-14)26-2/h4-7,9-10,15,22,24H,8,11-12H2,1-3H3/t15?,21-/m0/s1. The minimum absolute atomic E-state index is 0.00545. The average molecular weight is 388 g/mol. The van der Waals surface area contributed by atoms with Crippen LogP contribution in [0.3, 0.4) is 0 Å². The maximum absolute atomic E-state index is 12.3. The minimum atomic E-state index is -1.67. The molecule has 1 unspecified atom stereocenters. The number of aromatic hydroxyl groups is 1. The van der Waals surface area contributed by atoms with E-state index in [1.165, 1.54) is 13.2 Å². The van der Waals surface area contributed by atoms with Crippen LogP contribution < -0.4 is 14.2 Å². The Kier molecular flexibility index (Phi) is 5.65. The second-order valence-corrected chi connectivity index (χ2v) is 6.80. The monoisotopic (exact) mass is 388 g/mol. The van der Waals surface area contributed by atoms with Gasteiger partial charge in [-0.05, 0) is 41.8 Å². The highest BCUT2D eigenvalue weighted by Gasteiger charge is 2.51. The van der Waals surface area contributed by atoms with Gasteiger partial charge < -0.3 is 29.2 Å². The molecule has 0 aliphatic carbocycles. The first kappa shape index (κ1) is 19.8. The van der Waals surface area contributed by atoms with Gasteiger partial charge in [0.2, 0.25) is 0 Å². The summed E-state index contributed by atoms with van der Waals surface area (Å²) in [4.78, 5) is 12.3. The smallest absolute Gasteiger partial charge is 0.338 e. The molecule has 3 rings (SSSR count). The number of hydrogen-bond donors (Lipinski definition) is 2. The summed E-state index contributed by atoms with van der Waals surface area (Å²) in [5.74, 6) is 0.384. The Hall–Kier alpha value is -2.93. The number of carbonyl (C=O) groups is 1. The van der Waals surface area contributed by atoms with Crippen molar-refractivity contribution in [3.05, 3.63) is 47.5 Å². The Morgan fingerprint density at radius 3 is 2.32 bits per heavy atom. The molecule has 0 bridgehead atoms. The summed E-state index contributed by atoms with van der Waals surface area (Å²) in [6.07, 6.45) is 0.484. The molecule has 2 aromatic rings. The Balaban J connectivity index is 1.84. The maximum atomic E-state index is 12.3. The molecule has 1 fully saturated rings. The number of cyclic esters (lactones) is 1. The lowest BCUT2D eigenvalue weighted by atomic mass is 9.81. The zero-order valence-corrected chi connectivity index (χ0v) is 16.1. The fourth-order valence-corrected chi connectivity index (χ4v) is 3.49. The number of phenolic OH excluding ortho intramolecular Hbond substituents is 1. The first-order valence-corrected chi connectivity index (χ1v) is 8.87. The summed E-state index contributed by atoms with van der Waals surface area (Å²) < 4.78 is 20.9. The molecule has 2 aromatic carbocycles. The average Bonchev–Trinajstić information content (AvgIpc) is 2.97. The molecule has 1 heterocycles. The topological polar surface area (TPSA) is 94.5 Å². The lowest BCUT2D eigenvalue weighted by Gasteiger charge is -2.26. The molecule has 28 heavy (non-hydrogen) atoms. The van der Waals surface area contributed by atoms with Crippen LogP contribution in [0.1, 0.15) is 11.1 Å². The molecule has 0 radical (unpaired) electrons. The second kappa shape index (κ2) is 7.98. The van der Waals surface area contributed by atoms with Crippen molar-refractivity contribution >= 4 is 5.97 Å². The van der Waals surface area contributed by atoms with E-state index in [4.69, 9.17) is 18.9 Å². The highest BCUT2D eigenvalue weighted by molar-refractivity contribution is 5.82. The van der Waals surface area contributed by atoms with Crippen molar-refractivity contribution in [2.75, 3.05) is 27.9 Å². The van der Waals surface area contributed by atoms with E-state index in [1.807, 2.05) is 12.1 Å². The van der Waals surface area contributed by atoms with Crippen LogP contribution in [-0.4, -0.2) is 49.7 Å². The molecule has 7 nitrogen and oxygen atoms in total. The normalized spacial score (nSPS) is 21.3. The highest BCUT2D eigenvalue weighted by atomic mass is 16.6. The van der Waals surface area contributed by atoms with Crippen LogP contribution in [0.25, 0.3) is 0 Å². The van der Waals surface area contributed by atoms with E-state index in [9.17, 15) is 15.0 Å². The van der Waals surface area contributed by atoms with E-state index in [1.54, 1.807) is 32.4 Å². The lowest BCUT2D eigenvalue weighted by molar-refractivity contribution is -0.154. The number of methoxy groups -OCH3 is 3. The molecule has 0 aromatic heterocycles. The fourth-order valence-electron chi connectivity index (χ4n) is 3.49. The molecule has 0 saturated carbocycles. The molecule has 2 atom stereocenters. The van der Waals surface area contributed by atoms with Crippen LogP contribution in [0.2, 0.25) is 0 Å². The molecule has 7 heteroatoms. The van der Waals surface area contributed by atoms with Gasteiger partial charge in [0.1, 0.15) is 0 Å². The van der Waals surface area contributed by atoms with Crippen molar-refractivity contribution in [2.45, 2.75) is 18.4 Å². The van der Waals surface area contributed by atoms with E-state index in [2.05, 4.69) is 0 Å². The van der Waals surface area contributed by atoms with Gasteiger partial charge in [-0.2, -0.15) is 0 Å². The van der Waals surface area contributed by atoms with E-state index < -0.39 is 17.5 Å². The lowest BCUT2D eigenvalue weighted by Crippen LogP contribution is -2.44. The summed E-state index contributed by atoms with van der Waals surface area (Å²) in [7, 11) is 4.56. The van der Waals surface area contributed by atoms with Crippen LogP contribution in [0.15, 0.2) is 36.4 Å². The van der Waals surface area contributed by atoms with Gasteiger partial charge in [0.15, 0.2) is 28.6 Å². The third-order valence-electron chi connectivity index (χ3n) is 5.09. The molecule has 0 spiro atoms. The first-order valence-electron chi connectivity index (χ1n) is 8.87. The number of rotatable bonds is 7. The summed E-state index contributed by atoms with van der Waals surface area (Å²) >= 11 is 0. The Labute approximate surface area is 163 Å². The fraction of sp³-hybridized carbons (Fsp3) is 0.381. The van der Waals surface area contributed by atoms with E-state index in [0.29, 0.717) is 23.5 Å². The van der Waals surface area contributed by atoms with Crippen molar-refractivity contribution in [2.24, 2.45) is 5.92 Å².